The summed E-state index contributed by atoms with van der Waals surface area (Å²) in [7, 11) is 0. The summed E-state index contributed by atoms with van der Waals surface area (Å²) in [5.41, 5.74) is 3.60. The smallest absolute Gasteiger partial charge is 0.123 e. The molecule has 2 heterocycles. The predicted octanol–water partition coefficient (Wildman–Crippen LogP) is 6.78. The molecule has 0 radical (unpaired) electrons. The maximum Gasteiger partial charge on any atom is 0.123 e. The van der Waals surface area contributed by atoms with Gasteiger partial charge in [-0.05, 0) is 84.1 Å². The van der Waals surface area contributed by atoms with E-state index in [2.05, 4.69) is 64.6 Å². The molecule has 0 spiro atoms. The lowest BCUT2D eigenvalue weighted by molar-refractivity contribution is 0.0936. The topological polar surface area (TPSA) is 84.0 Å². The second-order valence-electron chi connectivity index (χ2n) is 12.7. The fraction of sp³-hybridized carbons (Fsp3) is 0.611. The van der Waals surface area contributed by atoms with E-state index in [-0.39, 0.29) is 54.5 Å². The molecule has 0 amide bonds. The van der Waals surface area contributed by atoms with Gasteiger partial charge in [-0.1, -0.05) is 64.5 Å². The lowest BCUT2D eigenvalue weighted by Crippen LogP contribution is -2.33. The van der Waals surface area contributed by atoms with Gasteiger partial charge in [0, 0.05) is 18.8 Å². The second kappa shape index (κ2) is 15.4. The Morgan fingerprint density at radius 1 is 0.857 bits per heavy atom. The van der Waals surface area contributed by atoms with Crippen LogP contribution in [0.2, 0.25) is 0 Å². The average Bonchev–Trinajstić information content (AvgIpc) is 3.95. The fourth-order valence-corrected chi connectivity index (χ4v) is 5.93. The Hall–Kier alpha value is -2.38. The monoisotopic (exact) mass is 580 g/mol. The van der Waals surface area contributed by atoms with Crippen LogP contribution in [0.5, 0.6) is 11.5 Å². The number of hydrogen-bond acceptors (Lipinski definition) is 6. The van der Waals surface area contributed by atoms with Crippen molar-refractivity contribution in [2.75, 3.05) is 39.6 Å². The predicted molar refractivity (Wildman–Crippen MR) is 168 cm³/mol. The molecule has 2 saturated heterocycles. The minimum Gasteiger partial charge on any atom is -0.491 e. The third-order valence-corrected chi connectivity index (χ3v) is 9.23. The van der Waals surface area contributed by atoms with E-state index >= 15 is 0 Å². The summed E-state index contributed by atoms with van der Waals surface area (Å²) in [5.74, 6) is 2.41. The zero-order valence-corrected chi connectivity index (χ0v) is 26.1. The average molecular weight is 581 g/mol. The number of aliphatic hydroxyl groups excluding tert-OH is 2. The van der Waals surface area contributed by atoms with Crippen LogP contribution in [0.1, 0.15) is 88.3 Å². The largest absolute Gasteiger partial charge is 0.491 e. The maximum absolute atomic E-state index is 10.5. The van der Waals surface area contributed by atoms with Crippen LogP contribution in [0.25, 0.3) is 0 Å². The van der Waals surface area contributed by atoms with Crippen LogP contribution in [0, 0.1) is 11.8 Å². The van der Waals surface area contributed by atoms with Gasteiger partial charge in [0.05, 0.1) is 13.2 Å². The SMILES string of the molecule is C=CCCC.CCC(C)(C)c1cc(C2CC(CO)C(c3ccc(OCC4CO4)cc3)CC2CO)ccc1OCC1CO1. The van der Waals surface area contributed by atoms with Gasteiger partial charge in [0.1, 0.15) is 36.9 Å². The number of aliphatic hydroxyl groups is 2. The summed E-state index contributed by atoms with van der Waals surface area (Å²) in [6, 6.07) is 14.8. The Labute approximate surface area is 253 Å². The van der Waals surface area contributed by atoms with Crippen LogP contribution in [-0.2, 0) is 14.9 Å². The third-order valence-electron chi connectivity index (χ3n) is 9.23. The lowest BCUT2D eigenvalue weighted by Gasteiger charge is -2.41. The highest BCUT2D eigenvalue weighted by Crippen LogP contribution is 2.49. The van der Waals surface area contributed by atoms with Gasteiger partial charge in [-0.3, -0.25) is 0 Å². The highest BCUT2D eigenvalue weighted by molar-refractivity contribution is 5.44. The van der Waals surface area contributed by atoms with E-state index in [9.17, 15) is 10.2 Å². The molecule has 2 aliphatic heterocycles. The number of rotatable bonds is 14. The molecule has 1 aliphatic carbocycles. The summed E-state index contributed by atoms with van der Waals surface area (Å²) < 4.78 is 22.5. The highest BCUT2D eigenvalue weighted by Gasteiger charge is 2.39. The van der Waals surface area contributed by atoms with Crippen molar-refractivity contribution in [3.05, 3.63) is 71.8 Å². The van der Waals surface area contributed by atoms with Crippen molar-refractivity contribution >= 4 is 0 Å². The van der Waals surface area contributed by atoms with E-state index in [0.29, 0.717) is 13.2 Å². The number of hydrogen-bond donors (Lipinski definition) is 2. The summed E-state index contributed by atoms with van der Waals surface area (Å²) in [5, 5.41) is 20.9. The summed E-state index contributed by atoms with van der Waals surface area (Å²) >= 11 is 0. The molecule has 42 heavy (non-hydrogen) atoms. The first-order valence-electron chi connectivity index (χ1n) is 15.9. The Morgan fingerprint density at radius 3 is 1.88 bits per heavy atom. The van der Waals surface area contributed by atoms with Crippen LogP contribution < -0.4 is 9.47 Å². The van der Waals surface area contributed by atoms with E-state index in [1.807, 2.05) is 18.2 Å². The first-order chi connectivity index (χ1) is 20.3. The molecule has 232 valence electrons. The van der Waals surface area contributed by atoms with Crippen molar-refractivity contribution in [3.63, 3.8) is 0 Å². The van der Waals surface area contributed by atoms with Crippen molar-refractivity contribution < 1.29 is 29.2 Å². The first kappa shape index (κ1) is 32.5. The number of epoxide rings is 2. The van der Waals surface area contributed by atoms with Crippen molar-refractivity contribution in [2.45, 2.75) is 89.3 Å². The molecule has 3 fully saturated rings. The summed E-state index contributed by atoms with van der Waals surface area (Å²) in [4.78, 5) is 0. The molecule has 0 aromatic heterocycles. The molecule has 2 aromatic rings. The highest BCUT2D eigenvalue weighted by atomic mass is 16.6. The number of ether oxygens (including phenoxy) is 4. The van der Waals surface area contributed by atoms with Crippen LogP contribution in [0.15, 0.2) is 55.1 Å². The molecule has 1 saturated carbocycles. The molecule has 3 aliphatic rings. The normalized spacial score (nSPS) is 26.5. The minimum atomic E-state index is -0.0342. The molecule has 6 atom stereocenters. The standard InChI is InChI=1S/C31H42O6.C5H10/c1-4-31(2,3)29-13-21(7-10-30(29)37-19-26-18-36-26)28-12-22(14-32)27(11-23(28)15-33)20-5-8-24(9-6-20)34-16-25-17-35-25;1-3-5-4-2/h5-10,13,22-23,25-28,32-33H,4,11-12,14-19H2,1-3H3;3H,1,4-5H2,2H3. The second-order valence-corrected chi connectivity index (χ2v) is 12.7. The zero-order chi connectivity index (χ0) is 30.1. The Bertz CT molecular complexity index is 1100. The Morgan fingerprint density at radius 2 is 1.40 bits per heavy atom. The molecule has 2 aromatic carbocycles. The van der Waals surface area contributed by atoms with Crippen molar-refractivity contribution in [2.24, 2.45) is 11.8 Å². The molecule has 0 bridgehead atoms. The van der Waals surface area contributed by atoms with Crippen molar-refractivity contribution in [1.82, 2.24) is 0 Å². The zero-order valence-electron chi connectivity index (χ0n) is 26.1. The lowest BCUT2D eigenvalue weighted by atomic mass is 9.64. The minimum absolute atomic E-state index is 0.0342. The Balaban J connectivity index is 0.000000748. The van der Waals surface area contributed by atoms with Gasteiger partial charge < -0.3 is 29.2 Å². The van der Waals surface area contributed by atoms with Gasteiger partial charge in [0.2, 0.25) is 0 Å². The van der Waals surface area contributed by atoms with E-state index in [1.165, 1.54) is 23.1 Å². The van der Waals surface area contributed by atoms with Gasteiger partial charge in [0.25, 0.3) is 0 Å². The summed E-state index contributed by atoms with van der Waals surface area (Å²) in [6.07, 6.45) is 7.43. The first-order valence-corrected chi connectivity index (χ1v) is 15.9. The molecule has 6 nitrogen and oxygen atoms in total. The molecule has 2 N–H and O–H groups in total. The van der Waals surface area contributed by atoms with E-state index in [0.717, 1.165) is 50.4 Å². The van der Waals surface area contributed by atoms with E-state index < -0.39 is 0 Å². The molecule has 6 unspecified atom stereocenters. The van der Waals surface area contributed by atoms with Crippen molar-refractivity contribution in [3.8, 4) is 11.5 Å². The van der Waals surface area contributed by atoms with Gasteiger partial charge >= 0.3 is 0 Å². The van der Waals surface area contributed by atoms with E-state index in [1.54, 1.807) is 0 Å². The fourth-order valence-electron chi connectivity index (χ4n) is 5.93. The van der Waals surface area contributed by atoms with Gasteiger partial charge in [0.15, 0.2) is 0 Å². The molecule has 5 rings (SSSR count). The van der Waals surface area contributed by atoms with Crippen molar-refractivity contribution in [1.29, 1.82) is 0 Å². The van der Waals surface area contributed by atoms with Crippen LogP contribution in [-0.4, -0.2) is 62.1 Å². The van der Waals surface area contributed by atoms with E-state index in [4.69, 9.17) is 18.9 Å². The molecular weight excluding hydrogens is 528 g/mol. The Kier molecular flexibility index (Phi) is 11.9. The van der Waals surface area contributed by atoms with Crippen LogP contribution in [0.3, 0.4) is 0 Å². The molecule has 6 heteroatoms. The van der Waals surface area contributed by atoms with Gasteiger partial charge in [-0.2, -0.15) is 0 Å². The quantitative estimate of drug-likeness (QED) is 0.189. The number of allylic oxidation sites excluding steroid dienone is 1. The molecular formula is C36H52O6. The number of benzene rings is 2. The van der Waals surface area contributed by atoms with Crippen LogP contribution >= 0.6 is 0 Å². The van der Waals surface area contributed by atoms with Gasteiger partial charge in [-0.25, -0.2) is 0 Å². The van der Waals surface area contributed by atoms with Gasteiger partial charge in [-0.15, -0.1) is 6.58 Å². The maximum atomic E-state index is 10.5. The number of unbranched alkanes of at least 4 members (excludes halogenated alkanes) is 1. The van der Waals surface area contributed by atoms with Crippen LogP contribution in [0.4, 0.5) is 0 Å². The third kappa shape index (κ3) is 8.82. The summed E-state index contributed by atoms with van der Waals surface area (Å²) in [6.45, 7) is 15.4.